The van der Waals surface area contributed by atoms with Gasteiger partial charge in [0.1, 0.15) is 17.0 Å². The number of aryl methyl sites for hydroxylation is 2. The smallest absolute Gasteiger partial charge is 0.273 e. The zero-order chi connectivity index (χ0) is 19.0. The fraction of sp³-hybridized carbons (Fsp3) is 0.391. The fourth-order valence-electron chi connectivity index (χ4n) is 4.10. The zero-order valence-corrected chi connectivity index (χ0v) is 16.4. The molecule has 140 valence electrons. The third kappa shape index (κ3) is 3.25. The van der Waals surface area contributed by atoms with Gasteiger partial charge in [-0.05, 0) is 51.2 Å². The van der Waals surface area contributed by atoms with Crippen molar-refractivity contribution in [2.45, 2.75) is 52.5 Å². The number of rotatable bonds is 3. The summed E-state index contributed by atoms with van der Waals surface area (Å²) in [6, 6.07) is 12.7. The first-order valence-corrected chi connectivity index (χ1v) is 9.95. The molecule has 0 N–H and O–H groups in total. The highest BCUT2D eigenvalue weighted by Crippen LogP contribution is 2.29. The molecular formula is C23H27N3O. The first-order valence-electron chi connectivity index (χ1n) is 9.95. The number of aromatic nitrogens is 2. The third-order valence-electron chi connectivity index (χ3n) is 5.65. The van der Waals surface area contributed by atoms with Gasteiger partial charge in [-0.3, -0.25) is 9.20 Å². The van der Waals surface area contributed by atoms with E-state index >= 15 is 0 Å². The van der Waals surface area contributed by atoms with Crippen molar-refractivity contribution < 1.29 is 4.79 Å². The van der Waals surface area contributed by atoms with E-state index in [-0.39, 0.29) is 5.91 Å². The highest BCUT2D eigenvalue weighted by Gasteiger charge is 2.30. The summed E-state index contributed by atoms with van der Waals surface area (Å²) in [5.74, 6) is 0.107. The number of carbonyl (C=O) groups is 1. The number of hydrogen-bond acceptors (Lipinski definition) is 2. The Labute approximate surface area is 160 Å². The lowest BCUT2D eigenvalue weighted by atomic mass is 9.99. The van der Waals surface area contributed by atoms with Crippen LogP contribution in [0, 0.1) is 13.8 Å². The largest absolute Gasteiger partial charge is 0.334 e. The summed E-state index contributed by atoms with van der Waals surface area (Å²) in [6.45, 7) is 7.14. The van der Waals surface area contributed by atoms with Gasteiger partial charge in [0.25, 0.3) is 5.91 Å². The molecule has 0 spiro atoms. The van der Waals surface area contributed by atoms with E-state index in [1.54, 1.807) is 0 Å². The van der Waals surface area contributed by atoms with Crippen LogP contribution in [0.25, 0.3) is 16.9 Å². The van der Waals surface area contributed by atoms with Crippen molar-refractivity contribution in [2.75, 3.05) is 6.54 Å². The second-order valence-electron chi connectivity index (χ2n) is 7.67. The van der Waals surface area contributed by atoms with E-state index in [0.29, 0.717) is 11.7 Å². The molecule has 4 heteroatoms. The average Bonchev–Trinajstić information content (AvgIpc) is 3.06. The van der Waals surface area contributed by atoms with E-state index in [1.807, 2.05) is 22.7 Å². The van der Waals surface area contributed by atoms with Crippen molar-refractivity contribution in [1.82, 2.24) is 14.3 Å². The Balaban J connectivity index is 1.88. The van der Waals surface area contributed by atoms with Crippen molar-refractivity contribution in [2.24, 2.45) is 0 Å². The lowest BCUT2D eigenvalue weighted by molar-refractivity contribution is 0.0601. The summed E-state index contributed by atoms with van der Waals surface area (Å²) in [5, 5.41) is 0. The molecule has 2 aromatic heterocycles. The van der Waals surface area contributed by atoms with Crippen molar-refractivity contribution in [3.05, 3.63) is 59.4 Å². The number of benzene rings is 1. The highest BCUT2D eigenvalue weighted by atomic mass is 16.2. The first-order chi connectivity index (χ1) is 13.1. The van der Waals surface area contributed by atoms with Crippen molar-refractivity contribution >= 4 is 11.6 Å². The lowest BCUT2D eigenvalue weighted by Crippen LogP contribution is -2.44. The van der Waals surface area contributed by atoms with Gasteiger partial charge in [0.2, 0.25) is 0 Å². The number of likely N-dealkylation sites (tertiary alicyclic amines) is 1. The number of pyridine rings is 1. The van der Waals surface area contributed by atoms with Gasteiger partial charge in [-0.2, -0.15) is 0 Å². The van der Waals surface area contributed by atoms with E-state index < -0.39 is 0 Å². The molecule has 1 unspecified atom stereocenters. The molecule has 0 radical (unpaired) electrons. The first kappa shape index (κ1) is 17.8. The summed E-state index contributed by atoms with van der Waals surface area (Å²) < 4.78 is 1.98. The molecule has 4 nitrogen and oxygen atoms in total. The van der Waals surface area contributed by atoms with Crippen molar-refractivity contribution in [3.8, 4) is 11.3 Å². The topological polar surface area (TPSA) is 37.6 Å². The van der Waals surface area contributed by atoms with E-state index in [0.717, 1.165) is 48.3 Å². The van der Waals surface area contributed by atoms with Crippen LogP contribution in [0.3, 0.4) is 0 Å². The van der Waals surface area contributed by atoms with Gasteiger partial charge in [-0.1, -0.05) is 42.8 Å². The maximum absolute atomic E-state index is 13.7. The Kier molecular flexibility index (Phi) is 4.73. The molecule has 0 saturated carbocycles. The quantitative estimate of drug-likeness (QED) is 0.657. The summed E-state index contributed by atoms with van der Waals surface area (Å²) in [7, 11) is 0. The minimum Gasteiger partial charge on any atom is -0.334 e. The molecule has 3 heterocycles. The molecule has 1 amide bonds. The van der Waals surface area contributed by atoms with Crippen molar-refractivity contribution in [1.29, 1.82) is 0 Å². The van der Waals surface area contributed by atoms with Crippen LogP contribution in [0.15, 0.2) is 42.6 Å². The van der Waals surface area contributed by atoms with E-state index in [9.17, 15) is 4.79 Å². The number of nitrogens with zero attached hydrogens (tertiary/aromatic N) is 3. The second kappa shape index (κ2) is 7.18. The van der Waals surface area contributed by atoms with Gasteiger partial charge in [-0.25, -0.2) is 4.98 Å². The Morgan fingerprint density at radius 3 is 2.56 bits per heavy atom. The number of amides is 1. The second-order valence-corrected chi connectivity index (χ2v) is 7.67. The van der Waals surface area contributed by atoms with Gasteiger partial charge in [0.05, 0.1) is 0 Å². The Hall–Kier alpha value is -2.62. The third-order valence-corrected chi connectivity index (χ3v) is 5.65. The monoisotopic (exact) mass is 361 g/mol. The summed E-state index contributed by atoms with van der Waals surface area (Å²) in [4.78, 5) is 20.6. The predicted octanol–water partition coefficient (Wildman–Crippen LogP) is 5.02. The molecule has 1 fully saturated rings. The number of imidazole rings is 1. The summed E-state index contributed by atoms with van der Waals surface area (Å²) in [5.41, 5.74) is 5.62. The normalized spacial score (nSPS) is 17.4. The van der Waals surface area contributed by atoms with Crippen LogP contribution in [0.5, 0.6) is 0 Å². The number of carbonyl (C=O) groups excluding carboxylic acids is 1. The van der Waals surface area contributed by atoms with Gasteiger partial charge in [-0.15, -0.1) is 0 Å². The SMILES string of the molecule is CCC1CCCCN1C(=O)c1c(-c2ccc(C)cc2)nc2ccc(C)cn12. The van der Waals surface area contributed by atoms with Crippen LogP contribution >= 0.6 is 0 Å². The van der Waals surface area contributed by atoms with Crippen LogP contribution in [0.4, 0.5) is 0 Å². The number of hydrogen-bond donors (Lipinski definition) is 0. The molecule has 1 aromatic carbocycles. The zero-order valence-electron chi connectivity index (χ0n) is 16.4. The molecule has 4 rings (SSSR count). The highest BCUT2D eigenvalue weighted by molar-refractivity contribution is 6.00. The van der Waals surface area contributed by atoms with Gasteiger partial charge in [0.15, 0.2) is 0 Å². The van der Waals surface area contributed by atoms with Crippen LogP contribution < -0.4 is 0 Å². The maximum atomic E-state index is 13.7. The lowest BCUT2D eigenvalue weighted by Gasteiger charge is -2.35. The summed E-state index contributed by atoms with van der Waals surface area (Å²) >= 11 is 0. The van der Waals surface area contributed by atoms with Gasteiger partial charge < -0.3 is 4.90 Å². The molecular weight excluding hydrogens is 334 g/mol. The molecule has 1 aliphatic heterocycles. The molecule has 0 bridgehead atoms. The van der Waals surface area contributed by atoms with Crippen LogP contribution in [-0.2, 0) is 0 Å². The number of piperidine rings is 1. The van der Waals surface area contributed by atoms with Crippen LogP contribution in [-0.4, -0.2) is 32.8 Å². The fourth-order valence-corrected chi connectivity index (χ4v) is 4.10. The standard InChI is InChI=1S/C23H27N3O/c1-4-19-7-5-6-14-25(19)23(27)22-21(18-11-8-16(2)9-12-18)24-20-13-10-17(3)15-26(20)22/h8-13,15,19H,4-7,14H2,1-3H3. The Morgan fingerprint density at radius 2 is 1.81 bits per heavy atom. The Bertz CT molecular complexity index is 971. The number of fused-ring (bicyclic) bond motifs is 1. The Morgan fingerprint density at radius 1 is 1.07 bits per heavy atom. The van der Waals surface area contributed by atoms with E-state index in [4.69, 9.17) is 4.98 Å². The minimum absolute atomic E-state index is 0.107. The molecule has 0 aliphatic carbocycles. The van der Waals surface area contributed by atoms with Gasteiger partial charge in [0, 0.05) is 24.3 Å². The molecule has 1 saturated heterocycles. The maximum Gasteiger partial charge on any atom is 0.273 e. The van der Waals surface area contributed by atoms with Crippen molar-refractivity contribution in [3.63, 3.8) is 0 Å². The predicted molar refractivity (Wildman–Crippen MR) is 109 cm³/mol. The summed E-state index contributed by atoms with van der Waals surface area (Å²) in [6.07, 6.45) is 6.41. The molecule has 1 atom stereocenters. The van der Waals surface area contributed by atoms with Crippen LogP contribution in [0.2, 0.25) is 0 Å². The van der Waals surface area contributed by atoms with E-state index in [2.05, 4.69) is 49.9 Å². The minimum atomic E-state index is 0.107. The van der Waals surface area contributed by atoms with Gasteiger partial charge >= 0.3 is 0 Å². The average molecular weight is 361 g/mol. The molecule has 3 aromatic rings. The van der Waals surface area contributed by atoms with Crippen LogP contribution in [0.1, 0.15) is 54.2 Å². The van der Waals surface area contributed by atoms with E-state index in [1.165, 1.54) is 12.0 Å². The molecule has 27 heavy (non-hydrogen) atoms. The molecule has 1 aliphatic rings.